The van der Waals surface area contributed by atoms with Gasteiger partial charge >= 0.3 is 0 Å². The number of rotatable bonds is 6. The minimum Gasteiger partial charge on any atom is -0.504 e. The van der Waals surface area contributed by atoms with Crippen LogP contribution < -0.4 is 4.74 Å². The van der Waals surface area contributed by atoms with E-state index in [9.17, 15) is 5.11 Å². The lowest BCUT2D eigenvalue weighted by atomic mass is 10.2. The molecule has 1 aromatic heterocycles. The van der Waals surface area contributed by atoms with Gasteiger partial charge in [0.2, 0.25) is 0 Å². The Balaban J connectivity index is 2.12. The first-order valence-electron chi connectivity index (χ1n) is 6.38. The predicted molar refractivity (Wildman–Crippen MR) is 79.0 cm³/mol. The molecule has 0 radical (unpaired) electrons. The standard InChI is InChI=1S/C14H18N2O3S/c1-9(2)7-20-8-12-15-14(19-16-12)10-5-4-6-11(18-3)13(10)17/h4-6,9,17H,7-8H2,1-3H3. The number of methoxy groups -OCH3 is 1. The maximum Gasteiger partial charge on any atom is 0.261 e. The second-order valence-electron chi connectivity index (χ2n) is 4.78. The third kappa shape index (κ3) is 3.45. The van der Waals surface area contributed by atoms with Gasteiger partial charge in [0.05, 0.1) is 18.4 Å². The smallest absolute Gasteiger partial charge is 0.261 e. The fourth-order valence-corrected chi connectivity index (χ4v) is 2.56. The number of para-hydroxylation sites is 1. The van der Waals surface area contributed by atoms with Gasteiger partial charge in [-0.15, -0.1) is 0 Å². The fraction of sp³-hybridized carbons (Fsp3) is 0.429. The van der Waals surface area contributed by atoms with E-state index in [2.05, 4.69) is 24.0 Å². The van der Waals surface area contributed by atoms with E-state index in [1.54, 1.807) is 30.0 Å². The maximum absolute atomic E-state index is 10.0. The maximum atomic E-state index is 10.0. The molecule has 0 aliphatic rings. The zero-order chi connectivity index (χ0) is 14.5. The Bertz CT molecular complexity index is 569. The zero-order valence-corrected chi connectivity index (χ0v) is 12.6. The van der Waals surface area contributed by atoms with Crippen LogP contribution >= 0.6 is 11.8 Å². The zero-order valence-electron chi connectivity index (χ0n) is 11.8. The molecule has 0 saturated heterocycles. The molecule has 1 N–H and O–H groups in total. The van der Waals surface area contributed by atoms with Gasteiger partial charge in [-0.2, -0.15) is 16.7 Å². The quantitative estimate of drug-likeness (QED) is 0.881. The normalized spacial score (nSPS) is 11.0. The van der Waals surface area contributed by atoms with Crippen molar-refractivity contribution in [1.82, 2.24) is 10.1 Å². The van der Waals surface area contributed by atoms with Crippen LogP contribution in [0.2, 0.25) is 0 Å². The summed E-state index contributed by atoms with van der Waals surface area (Å²) in [5.41, 5.74) is 0.483. The van der Waals surface area contributed by atoms with Gasteiger partial charge in [0, 0.05) is 0 Å². The molecule has 0 fully saturated rings. The van der Waals surface area contributed by atoms with Crippen molar-refractivity contribution in [2.24, 2.45) is 5.92 Å². The minimum atomic E-state index is 0.0139. The lowest BCUT2D eigenvalue weighted by molar-refractivity contribution is 0.371. The topological polar surface area (TPSA) is 68.4 Å². The molecule has 0 atom stereocenters. The van der Waals surface area contributed by atoms with Gasteiger partial charge in [-0.3, -0.25) is 0 Å². The Morgan fingerprint density at radius 1 is 1.40 bits per heavy atom. The molecule has 0 amide bonds. The third-order valence-corrected chi connectivity index (χ3v) is 3.96. The minimum absolute atomic E-state index is 0.0139. The molecule has 0 aliphatic carbocycles. The number of benzene rings is 1. The van der Waals surface area contributed by atoms with Crippen LogP contribution in [0.25, 0.3) is 11.5 Å². The first kappa shape index (κ1) is 14.7. The first-order valence-corrected chi connectivity index (χ1v) is 7.54. The average Bonchev–Trinajstić information content (AvgIpc) is 2.87. The molecule has 6 heteroatoms. The number of aromatic nitrogens is 2. The number of hydrogen-bond donors (Lipinski definition) is 1. The molecule has 0 unspecified atom stereocenters. The Morgan fingerprint density at radius 2 is 2.20 bits per heavy atom. The molecule has 5 nitrogen and oxygen atoms in total. The SMILES string of the molecule is COc1cccc(-c2nc(CSCC(C)C)no2)c1O. The van der Waals surface area contributed by atoms with Gasteiger partial charge in [0.1, 0.15) is 0 Å². The molecule has 1 heterocycles. The highest BCUT2D eigenvalue weighted by Crippen LogP contribution is 2.35. The van der Waals surface area contributed by atoms with Crippen molar-refractivity contribution in [2.45, 2.75) is 19.6 Å². The number of nitrogens with zero attached hydrogens (tertiary/aromatic N) is 2. The van der Waals surface area contributed by atoms with Crippen LogP contribution in [0, 0.1) is 5.92 Å². The molecule has 0 aliphatic heterocycles. The summed E-state index contributed by atoms with van der Waals surface area (Å²) in [5.74, 6) is 3.72. The Morgan fingerprint density at radius 3 is 2.90 bits per heavy atom. The van der Waals surface area contributed by atoms with E-state index in [1.165, 1.54) is 7.11 Å². The van der Waals surface area contributed by atoms with Crippen LogP contribution in [-0.2, 0) is 5.75 Å². The molecule has 108 valence electrons. The van der Waals surface area contributed by atoms with Crippen molar-refractivity contribution in [3.8, 4) is 23.0 Å². The molecule has 0 saturated carbocycles. The lowest BCUT2D eigenvalue weighted by Gasteiger charge is -2.04. The van der Waals surface area contributed by atoms with Crippen LogP contribution in [0.4, 0.5) is 0 Å². The Kier molecular flexibility index (Phi) is 4.89. The van der Waals surface area contributed by atoms with E-state index in [0.717, 1.165) is 5.75 Å². The van der Waals surface area contributed by atoms with Crippen LogP contribution in [0.3, 0.4) is 0 Å². The number of hydrogen-bond acceptors (Lipinski definition) is 6. The molecule has 20 heavy (non-hydrogen) atoms. The number of thioether (sulfide) groups is 1. The van der Waals surface area contributed by atoms with Crippen LogP contribution in [0.1, 0.15) is 19.7 Å². The number of aromatic hydroxyl groups is 1. The van der Waals surface area contributed by atoms with Crippen LogP contribution in [0.15, 0.2) is 22.7 Å². The number of phenols is 1. The van der Waals surface area contributed by atoms with E-state index in [0.29, 0.717) is 34.7 Å². The summed E-state index contributed by atoms with van der Waals surface area (Å²) >= 11 is 1.76. The Labute approximate surface area is 122 Å². The van der Waals surface area contributed by atoms with Crippen molar-refractivity contribution in [2.75, 3.05) is 12.9 Å². The second-order valence-corrected chi connectivity index (χ2v) is 5.81. The van der Waals surface area contributed by atoms with E-state index < -0.39 is 0 Å². The highest BCUT2D eigenvalue weighted by molar-refractivity contribution is 7.98. The van der Waals surface area contributed by atoms with Crippen LogP contribution in [-0.4, -0.2) is 28.1 Å². The van der Waals surface area contributed by atoms with E-state index in [4.69, 9.17) is 9.26 Å². The monoisotopic (exact) mass is 294 g/mol. The summed E-state index contributed by atoms with van der Waals surface area (Å²) in [7, 11) is 1.50. The summed E-state index contributed by atoms with van der Waals surface area (Å²) in [6.45, 7) is 4.34. The van der Waals surface area contributed by atoms with E-state index in [1.807, 2.05) is 0 Å². The molecule has 2 aromatic rings. The summed E-state index contributed by atoms with van der Waals surface area (Å²) < 4.78 is 10.3. The highest BCUT2D eigenvalue weighted by atomic mass is 32.2. The van der Waals surface area contributed by atoms with Crippen molar-refractivity contribution < 1.29 is 14.4 Å². The van der Waals surface area contributed by atoms with Gasteiger partial charge in [-0.05, 0) is 23.8 Å². The molecular formula is C14H18N2O3S. The molecular weight excluding hydrogens is 276 g/mol. The predicted octanol–water partition coefficient (Wildman–Crippen LogP) is 3.34. The van der Waals surface area contributed by atoms with Crippen molar-refractivity contribution in [3.63, 3.8) is 0 Å². The second kappa shape index (κ2) is 6.65. The van der Waals surface area contributed by atoms with Crippen molar-refractivity contribution >= 4 is 11.8 Å². The number of ether oxygens (including phenoxy) is 1. The number of phenolic OH excluding ortho intramolecular Hbond substituents is 1. The fourth-order valence-electron chi connectivity index (χ4n) is 1.67. The molecule has 1 aromatic carbocycles. The molecule has 2 rings (SSSR count). The van der Waals surface area contributed by atoms with Gasteiger partial charge in [-0.25, -0.2) is 0 Å². The summed E-state index contributed by atoms with van der Waals surface area (Å²) in [5, 5.41) is 14.0. The van der Waals surface area contributed by atoms with Gasteiger partial charge in [0.25, 0.3) is 5.89 Å². The van der Waals surface area contributed by atoms with Gasteiger partial charge in [-0.1, -0.05) is 25.1 Å². The molecule has 0 spiro atoms. The lowest BCUT2D eigenvalue weighted by Crippen LogP contribution is -1.92. The van der Waals surface area contributed by atoms with Crippen molar-refractivity contribution in [3.05, 3.63) is 24.0 Å². The van der Waals surface area contributed by atoms with Crippen molar-refractivity contribution in [1.29, 1.82) is 0 Å². The summed E-state index contributed by atoms with van der Waals surface area (Å²) in [6.07, 6.45) is 0. The van der Waals surface area contributed by atoms with Gasteiger partial charge in [0.15, 0.2) is 17.3 Å². The van der Waals surface area contributed by atoms with E-state index >= 15 is 0 Å². The third-order valence-electron chi connectivity index (χ3n) is 2.60. The van der Waals surface area contributed by atoms with E-state index in [-0.39, 0.29) is 5.75 Å². The average molecular weight is 294 g/mol. The Hall–Kier alpha value is -1.69. The van der Waals surface area contributed by atoms with Gasteiger partial charge < -0.3 is 14.4 Å². The highest BCUT2D eigenvalue weighted by Gasteiger charge is 2.15. The molecule has 0 bridgehead atoms. The van der Waals surface area contributed by atoms with Crippen LogP contribution in [0.5, 0.6) is 11.5 Å². The summed E-state index contributed by atoms with van der Waals surface area (Å²) in [6, 6.07) is 5.16. The largest absolute Gasteiger partial charge is 0.504 e. The first-order chi connectivity index (χ1) is 9.61. The summed E-state index contributed by atoms with van der Waals surface area (Å²) in [4.78, 5) is 4.30.